The number of aryl methyl sites for hydroxylation is 1. The van der Waals surface area contributed by atoms with E-state index in [0.29, 0.717) is 23.3 Å². The number of aromatic amines is 1. The van der Waals surface area contributed by atoms with Gasteiger partial charge in [0.05, 0.1) is 6.54 Å². The van der Waals surface area contributed by atoms with Crippen LogP contribution in [0, 0.1) is 6.92 Å². The lowest BCUT2D eigenvalue weighted by atomic mass is 10.3. The summed E-state index contributed by atoms with van der Waals surface area (Å²) < 4.78 is 0. The largest absolute Gasteiger partial charge is 0.362 e. The van der Waals surface area contributed by atoms with Crippen LogP contribution in [-0.2, 0) is 13.0 Å². The fourth-order valence-corrected chi connectivity index (χ4v) is 1.65. The van der Waals surface area contributed by atoms with E-state index in [2.05, 4.69) is 42.8 Å². The molecule has 18 heavy (non-hydrogen) atoms. The zero-order chi connectivity index (χ0) is 13.0. The number of hydrogen-bond donors (Lipinski definition) is 2. The Kier molecular flexibility index (Phi) is 4.03. The molecule has 8 heteroatoms. The molecule has 96 valence electrons. The summed E-state index contributed by atoms with van der Waals surface area (Å²) >= 11 is 6.07. The number of aromatic nitrogens is 6. The van der Waals surface area contributed by atoms with E-state index in [1.807, 2.05) is 6.92 Å². The molecule has 0 fully saturated rings. The fourth-order valence-electron chi connectivity index (χ4n) is 1.46. The van der Waals surface area contributed by atoms with Crippen LogP contribution in [0.5, 0.6) is 0 Å². The highest BCUT2D eigenvalue weighted by atomic mass is 35.5. The number of halogens is 1. The maximum absolute atomic E-state index is 6.07. The number of anilines is 1. The number of hydrogen-bond acceptors (Lipinski definition) is 6. The first-order valence-electron chi connectivity index (χ1n) is 5.70. The lowest BCUT2D eigenvalue weighted by Crippen LogP contribution is -2.08. The molecule has 7 nitrogen and oxygen atoms in total. The van der Waals surface area contributed by atoms with Crippen molar-refractivity contribution in [2.45, 2.75) is 33.2 Å². The highest BCUT2D eigenvalue weighted by molar-refractivity contribution is 6.30. The number of H-pyrrole nitrogens is 1. The Morgan fingerprint density at radius 2 is 2.11 bits per heavy atom. The number of nitrogens with one attached hydrogen (secondary N) is 2. The number of rotatable bonds is 5. The van der Waals surface area contributed by atoms with Crippen molar-refractivity contribution in [3.8, 4) is 0 Å². The molecule has 0 aliphatic carbocycles. The quantitative estimate of drug-likeness (QED) is 0.798. The SMILES string of the molecule is CCCc1nc(Cl)c(C)c(NCc2nn[nH]n2)n1. The van der Waals surface area contributed by atoms with Gasteiger partial charge in [-0.1, -0.05) is 23.7 Å². The van der Waals surface area contributed by atoms with Crippen molar-refractivity contribution < 1.29 is 0 Å². The molecule has 0 radical (unpaired) electrons. The van der Waals surface area contributed by atoms with Gasteiger partial charge in [0, 0.05) is 12.0 Å². The molecule has 0 atom stereocenters. The van der Waals surface area contributed by atoms with Crippen LogP contribution in [0.1, 0.15) is 30.6 Å². The van der Waals surface area contributed by atoms with Crippen LogP contribution in [-0.4, -0.2) is 30.6 Å². The van der Waals surface area contributed by atoms with Gasteiger partial charge in [-0.05, 0) is 13.3 Å². The first-order valence-corrected chi connectivity index (χ1v) is 6.07. The van der Waals surface area contributed by atoms with Gasteiger partial charge >= 0.3 is 0 Å². The molecule has 0 amide bonds. The minimum Gasteiger partial charge on any atom is -0.362 e. The summed E-state index contributed by atoms with van der Waals surface area (Å²) in [6, 6.07) is 0. The third kappa shape index (κ3) is 2.92. The van der Waals surface area contributed by atoms with Crippen molar-refractivity contribution in [1.82, 2.24) is 30.6 Å². The minimum atomic E-state index is 0.441. The second-order valence-electron chi connectivity index (χ2n) is 3.84. The van der Waals surface area contributed by atoms with E-state index < -0.39 is 0 Å². The fraction of sp³-hybridized carbons (Fsp3) is 0.500. The maximum Gasteiger partial charge on any atom is 0.193 e. The van der Waals surface area contributed by atoms with Gasteiger partial charge in [-0.3, -0.25) is 0 Å². The van der Waals surface area contributed by atoms with Gasteiger partial charge in [0.2, 0.25) is 0 Å². The average molecular weight is 268 g/mol. The van der Waals surface area contributed by atoms with E-state index in [9.17, 15) is 0 Å². The van der Waals surface area contributed by atoms with Crippen molar-refractivity contribution in [3.05, 3.63) is 22.4 Å². The van der Waals surface area contributed by atoms with E-state index in [1.165, 1.54) is 0 Å². The predicted octanol–water partition coefficient (Wildman–Crippen LogP) is 1.52. The number of nitrogens with zero attached hydrogens (tertiary/aromatic N) is 5. The van der Waals surface area contributed by atoms with Crippen LogP contribution in [0.2, 0.25) is 5.15 Å². The Balaban J connectivity index is 2.15. The Morgan fingerprint density at radius 1 is 1.28 bits per heavy atom. The summed E-state index contributed by atoms with van der Waals surface area (Å²) in [5.74, 6) is 2.02. The molecule has 2 aromatic heterocycles. The normalized spacial score (nSPS) is 10.6. The summed E-state index contributed by atoms with van der Waals surface area (Å²) in [6.45, 7) is 4.39. The lowest BCUT2D eigenvalue weighted by Gasteiger charge is -2.09. The van der Waals surface area contributed by atoms with Gasteiger partial charge in [0.1, 0.15) is 16.8 Å². The second kappa shape index (κ2) is 5.72. The van der Waals surface area contributed by atoms with Crippen LogP contribution < -0.4 is 5.32 Å². The highest BCUT2D eigenvalue weighted by Crippen LogP contribution is 2.20. The molecular weight excluding hydrogens is 254 g/mol. The van der Waals surface area contributed by atoms with Crippen molar-refractivity contribution in [1.29, 1.82) is 0 Å². The van der Waals surface area contributed by atoms with Crippen LogP contribution in [0.25, 0.3) is 0 Å². The second-order valence-corrected chi connectivity index (χ2v) is 4.19. The molecule has 0 spiro atoms. The molecule has 0 aliphatic rings. The molecule has 0 aliphatic heterocycles. The molecule has 2 heterocycles. The lowest BCUT2D eigenvalue weighted by molar-refractivity contribution is 0.827. The molecular formula is C10H14ClN7. The van der Waals surface area contributed by atoms with Gasteiger partial charge in [0.25, 0.3) is 0 Å². The van der Waals surface area contributed by atoms with E-state index in [1.54, 1.807) is 0 Å². The van der Waals surface area contributed by atoms with Crippen LogP contribution in [0.15, 0.2) is 0 Å². The molecule has 2 aromatic rings. The third-order valence-electron chi connectivity index (χ3n) is 2.41. The van der Waals surface area contributed by atoms with Gasteiger partial charge < -0.3 is 5.32 Å². The zero-order valence-electron chi connectivity index (χ0n) is 10.2. The Labute approximate surface area is 109 Å². The molecule has 2 rings (SSSR count). The van der Waals surface area contributed by atoms with Crippen LogP contribution in [0.3, 0.4) is 0 Å². The van der Waals surface area contributed by atoms with Crippen molar-refractivity contribution >= 4 is 17.4 Å². The van der Waals surface area contributed by atoms with Crippen molar-refractivity contribution in [2.24, 2.45) is 0 Å². The summed E-state index contributed by atoms with van der Waals surface area (Å²) in [5, 5.41) is 17.2. The average Bonchev–Trinajstić information content (AvgIpc) is 2.85. The first-order chi connectivity index (χ1) is 8.70. The van der Waals surface area contributed by atoms with Crippen molar-refractivity contribution in [3.63, 3.8) is 0 Å². The van der Waals surface area contributed by atoms with E-state index in [4.69, 9.17) is 11.6 Å². The highest BCUT2D eigenvalue weighted by Gasteiger charge is 2.09. The molecule has 0 saturated heterocycles. The van der Waals surface area contributed by atoms with E-state index >= 15 is 0 Å². The molecule has 2 N–H and O–H groups in total. The molecule has 0 bridgehead atoms. The van der Waals surface area contributed by atoms with Gasteiger partial charge in [0.15, 0.2) is 5.82 Å². The standard InChI is InChI=1S/C10H14ClN7/c1-3-4-7-13-9(11)6(2)10(14-7)12-5-8-15-17-18-16-8/h3-5H2,1-2H3,(H,12,13,14)(H,15,16,17,18). The minimum absolute atomic E-state index is 0.441. The third-order valence-corrected chi connectivity index (χ3v) is 2.78. The van der Waals surface area contributed by atoms with E-state index in [-0.39, 0.29) is 0 Å². The summed E-state index contributed by atoms with van der Waals surface area (Å²) in [7, 11) is 0. The summed E-state index contributed by atoms with van der Waals surface area (Å²) in [5.41, 5.74) is 0.819. The summed E-state index contributed by atoms with van der Waals surface area (Å²) in [6.07, 6.45) is 1.78. The molecule has 0 saturated carbocycles. The molecule has 0 unspecified atom stereocenters. The molecule has 0 aromatic carbocycles. The van der Waals surface area contributed by atoms with Gasteiger partial charge in [-0.25, -0.2) is 9.97 Å². The zero-order valence-corrected chi connectivity index (χ0v) is 11.0. The van der Waals surface area contributed by atoms with Gasteiger partial charge in [-0.15, -0.1) is 10.2 Å². The van der Waals surface area contributed by atoms with E-state index in [0.717, 1.165) is 24.2 Å². The Morgan fingerprint density at radius 3 is 2.78 bits per heavy atom. The van der Waals surface area contributed by atoms with Crippen LogP contribution in [0.4, 0.5) is 5.82 Å². The Hall–Kier alpha value is -1.76. The van der Waals surface area contributed by atoms with Gasteiger partial charge in [-0.2, -0.15) is 5.21 Å². The summed E-state index contributed by atoms with van der Waals surface area (Å²) in [4.78, 5) is 8.66. The monoisotopic (exact) mass is 267 g/mol. The predicted molar refractivity (Wildman–Crippen MR) is 67.3 cm³/mol. The topological polar surface area (TPSA) is 92.3 Å². The van der Waals surface area contributed by atoms with Crippen molar-refractivity contribution in [2.75, 3.05) is 5.32 Å². The maximum atomic E-state index is 6.07. The smallest absolute Gasteiger partial charge is 0.193 e. The number of tetrazole rings is 1. The van der Waals surface area contributed by atoms with Crippen LogP contribution >= 0.6 is 11.6 Å². The Bertz CT molecular complexity index is 511. The first kappa shape index (κ1) is 12.7.